The predicted octanol–water partition coefficient (Wildman–Crippen LogP) is 5.64. The zero-order chi connectivity index (χ0) is 16.5. The van der Waals surface area contributed by atoms with E-state index >= 15 is 0 Å². The minimum atomic E-state index is -0.173. The Morgan fingerprint density at radius 3 is 2.26 bits per heavy atom. The van der Waals surface area contributed by atoms with Crippen LogP contribution in [0.25, 0.3) is 0 Å². The minimum Gasteiger partial charge on any atom is -0.235 e. The van der Waals surface area contributed by atoms with Gasteiger partial charge in [-0.2, -0.15) is 5.26 Å². The number of thioether (sulfide) groups is 2. The van der Waals surface area contributed by atoms with Gasteiger partial charge in [0.15, 0.2) is 0 Å². The molecule has 2 aromatic rings. The Morgan fingerprint density at radius 2 is 1.70 bits per heavy atom. The van der Waals surface area contributed by atoms with Crippen LogP contribution >= 0.6 is 23.5 Å². The molecular formula is C19H20N2S2. The van der Waals surface area contributed by atoms with Crippen molar-refractivity contribution in [2.45, 2.75) is 18.8 Å². The zero-order valence-electron chi connectivity index (χ0n) is 13.4. The molecule has 2 aromatic carbocycles. The third-order valence-electron chi connectivity index (χ3n) is 3.61. The number of nitriles is 1. The molecule has 0 aliphatic carbocycles. The van der Waals surface area contributed by atoms with Gasteiger partial charge in [-0.05, 0) is 24.0 Å². The fourth-order valence-electron chi connectivity index (χ4n) is 2.22. The summed E-state index contributed by atoms with van der Waals surface area (Å²) in [4.78, 5) is 4.69. The van der Waals surface area contributed by atoms with E-state index < -0.39 is 0 Å². The molecule has 0 saturated heterocycles. The van der Waals surface area contributed by atoms with E-state index in [1.54, 1.807) is 23.5 Å². The van der Waals surface area contributed by atoms with Crippen LogP contribution in [0.15, 0.2) is 65.7 Å². The second kappa shape index (κ2) is 8.81. The van der Waals surface area contributed by atoms with Gasteiger partial charge >= 0.3 is 0 Å². The first-order valence-corrected chi connectivity index (χ1v) is 9.62. The summed E-state index contributed by atoms with van der Waals surface area (Å²) in [6.07, 6.45) is 2.54. The lowest BCUT2D eigenvalue weighted by Crippen LogP contribution is -2.25. The van der Waals surface area contributed by atoms with E-state index in [4.69, 9.17) is 4.99 Å². The van der Waals surface area contributed by atoms with Gasteiger partial charge in [-0.3, -0.25) is 0 Å². The molecule has 2 rings (SSSR count). The molecule has 23 heavy (non-hydrogen) atoms. The van der Waals surface area contributed by atoms with Crippen molar-refractivity contribution in [3.05, 3.63) is 66.2 Å². The monoisotopic (exact) mass is 340 g/mol. The lowest BCUT2D eigenvalue weighted by molar-refractivity contribution is 0.552. The number of para-hydroxylation sites is 1. The van der Waals surface area contributed by atoms with Crippen LogP contribution in [0.2, 0.25) is 0 Å². The fraction of sp³-hybridized carbons (Fsp3) is 0.263. The molecule has 4 heteroatoms. The molecule has 0 aliphatic heterocycles. The third-order valence-corrected chi connectivity index (χ3v) is 6.02. The Hall–Kier alpha value is -1.70. The summed E-state index contributed by atoms with van der Waals surface area (Å²) in [6.45, 7) is 2.15. The molecular weight excluding hydrogens is 320 g/mol. The maximum Gasteiger partial charge on any atom is 0.130 e. The van der Waals surface area contributed by atoms with Crippen molar-refractivity contribution < 1.29 is 0 Å². The molecule has 0 N–H and O–H groups in total. The standard InChI is InChI=1S/C19H20N2S2/c1-19(13-14-20,16-9-5-3-6-10-16)15-23-18(22-2)21-17-11-7-4-8-12-17/h3-12H,13,15H2,1-2H3. The van der Waals surface area contributed by atoms with Gasteiger partial charge in [-0.25, -0.2) is 4.99 Å². The minimum absolute atomic E-state index is 0.173. The van der Waals surface area contributed by atoms with Gasteiger partial charge < -0.3 is 0 Å². The molecule has 1 unspecified atom stereocenters. The second-order valence-electron chi connectivity index (χ2n) is 5.47. The van der Waals surface area contributed by atoms with Gasteiger partial charge in [0.25, 0.3) is 0 Å². The molecule has 0 amide bonds. The lowest BCUT2D eigenvalue weighted by Gasteiger charge is -2.27. The lowest BCUT2D eigenvalue weighted by atomic mass is 9.82. The molecule has 0 radical (unpaired) electrons. The van der Waals surface area contributed by atoms with Crippen molar-refractivity contribution in [3.8, 4) is 6.07 Å². The number of benzene rings is 2. The van der Waals surface area contributed by atoms with E-state index in [0.717, 1.165) is 15.8 Å². The van der Waals surface area contributed by atoms with E-state index in [-0.39, 0.29) is 5.41 Å². The van der Waals surface area contributed by atoms with E-state index in [9.17, 15) is 5.26 Å². The third kappa shape index (κ3) is 5.16. The smallest absolute Gasteiger partial charge is 0.130 e. The molecule has 0 fully saturated rings. The molecule has 2 nitrogen and oxygen atoms in total. The van der Waals surface area contributed by atoms with Crippen molar-refractivity contribution >= 4 is 33.6 Å². The van der Waals surface area contributed by atoms with Gasteiger partial charge in [0, 0.05) is 17.6 Å². The predicted molar refractivity (Wildman–Crippen MR) is 104 cm³/mol. The van der Waals surface area contributed by atoms with Gasteiger partial charge in [-0.15, -0.1) is 11.8 Å². The van der Waals surface area contributed by atoms with Gasteiger partial charge in [0.1, 0.15) is 4.38 Å². The molecule has 1 atom stereocenters. The van der Waals surface area contributed by atoms with E-state index in [2.05, 4.69) is 25.1 Å². The molecule has 0 spiro atoms. The Kier molecular flexibility index (Phi) is 6.76. The summed E-state index contributed by atoms with van der Waals surface area (Å²) >= 11 is 3.37. The van der Waals surface area contributed by atoms with Crippen LogP contribution in [0, 0.1) is 11.3 Å². The Morgan fingerprint density at radius 1 is 1.09 bits per heavy atom. The topological polar surface area (TPSA) is 36.1 Å². The fourth-order valence-corrected chi connectivity index (χ4v) is 3.94. The Balaban J connectivity index is 2.14. The highest BCUT2D eigenvalue weighted by Crippen LogP contribution is 2.33. The number of hydrogen-bond acceptors (Lipinski definition) is 4. The highest BCUT2D eigenvalue weighted by atomic mass is 32.2. The number of aliphatic imine (C=N–C) groups is 1. The maximum atomic E-state index is 9.23. The number of hydrogen-bond donors (Lipinski definition) is 0. The van der Waals surface area contributed by atoms with E-state index in [1.165, 1.54) is 5.56 Å². The largest absolute Gasteiger partial charge is 0.235 e. The van der Waals surface area contributed by atoms with Crippen LogP contribution in [-0.4, -0.2) is 16.4 Å². The summed E-state index contributed by atoms with van der Waals surface area (Å²) in [5.74, 6) is 0.830. The first-order chi connectivity index (χ1) is 11.2. The summed E-state index contributed by atoms with van der Waals surface area (Å²) in [5, 5.41) is 9.23. The van der Waals surface area contributed by atoms with Crippen LogP contribution in [0.4, 0.5) is 5.69 Å². The van der Waals surface area contributed by atoms with Crippen molar-refractivity contribution in [2.24, 2.45) is 4.99 Å². The average molecular weight is 341 g/mol. The maximum absolute atomic E-state index is 9.23. The van der Waals surface area contributed by atoms with Crippen molar-refractivity contribution in [1.29, 1.82) is 5.26 Å². The molecule has 0 heterocycles. The van der Waals surface area contributed by atoms with Crippen molar-refractivity contribution in [3.63, 3.8) is 0 Å². The highest BCUT2D eigenvalue weighted by Gasteiger charge is 2.27. The van der Waals surface area contributed by atoms with Gasteiger partial charge in [0.05, 0.1) is 11.8 Å². The molecule has 118 valence electrons. The normalized spacial score (nSPS) is 14.0. The van der Waals surface area contributed by atoms with Crippen LogP contribution in [0.5, 0.6) is 0 Å². The molecule has 0 saturated carbocycles. The highest BCUT2D eigenvalue weighted by molar-refractivity contribution is 8.38. The molecule has 0 aromatic heterocycles. The average Bonchev–Trinajstić information content (AvgIpc) is 2.60. The van der Waals surface area contributed by atoms with Gasteiger partial charge in [0.2, 0.25) is 0 Å². The first kappa shape index (κ1) is 17.7. The first-order valence-electron chi connectivity index (χ1n) is 7.41. The summed E-state index contributed by atoms with van der Waals surface area (Å²) < 4.78 is 1.02. The summed E-state index contributed by atoms with van der Waals surface area (Å²) in [5.41, 5.74) is 1.99. The van der Waals surface area contributed by atoms with Crippen LogP contribution < -0.4 is 0 Å². The van der Waals surface area contributed by atoms with Crippen molar-refractivity contribution in [2.75, 3.05) is 12.0 Å². The van der Waals surface area contributed by atoms with Gasteiger partial charge in [-0.1, -0.05) is 67.2 Å². The Bertz CT molecular complexity index is 678. The van der Waals surface area contributed by atoms with Crippen LogP contribution in [0.3, 0.4) is 0 Å². The summed E-state index contributed by atoms with van der Waals surface area (Å²) in [6, 6.07) is 22.6. The molecule has 0 bridgehead atoms. The van der Waals surface area contributed by atoms with E-state index in [1.807, 2.05) is 54.8 Å². The summed E-state index contributed by atoms with van der Waals surface area (Å²) in [7, 11) is 0. The van der Waals surface area contributed by atoms with E-state index in [0.29, 0.717) is 6.42 Å². The second-order valence-corrected chi connectivity index (χ2v) is 7.49. The zero-order valence-corrected chi connectivity index (χ0v) is 15.0. The van der Waals surface area contributed by atoms with Crippen molar-refractivity contribution in [1.82, 2.24) is 0 Å². The Labute approximate surface area is 147 Å². The quantitative estimate of drug-likeness (QED) is 0.522. The van der Waals surface area contributed by atoms with Crippen LogP contribution in [-0.2, 0) is 5.41 Å². The SMILES string of the molecule is CSC(=Nc1ccccc1)SCC(C)(CC#N)c1ccccc1. The number of rotatable bonds is 5. The molecule has 0 aliphatic rings. The van der Waals surface area contributed by atoms with Crippen LogP contribution in [0.1, 0.15) is 18.9 Å². The number of nitrogens with zero attached hydrogens (tertiary/aromatic N) is 2.